The van der Waals surface area contributed by atoms with Crippen molar-refractivity contribution in [3.05, 3.63) is 71.3 Å². The van der Waals surface area contributed by atoms with Crippen LogP contribution in [0.15, 0.2) is 65.8 Å². The van der Waals surface area contributed by atoms with E-state index in [2.05, 4.69) is 6.08 Å². The van der Waals surface area contributed by atoms with Crippen molar-refractivity contribution in [2.45, 2.75) is 13.3 Å². The number of benzene rings is 1. The lowest BCUT2D eigenvalue weighted by Crippen LogP contribution is -2.03. The third kappa shape index (κ3) is 2.19. The molecule has 1 aliphatic carbocycles. The standard InChI is InChI=1S/C15H14O/c1-2-12-8-10-14(11-9-12)15(16)13-6-4-3-5-7-13/h2-8,10-11H,9H2,1H3. The molecule has 1 aromatic carbocycles. The Balaban J connectivity index is 2.20. The van der Waals surface area contributed by atoms with Gasteiger partial charge in [-0.05, 0) is 18.9 Å². The molecule has 0 radical (unpaired) electrons. The maximum absolute atomic E-state index is 12.1. The van der Waals surface area contributed by atoms with E-state index in [1.807, 2.05) is 55.5 Å². The Bertz CT molecular complexity index is 475. The van der Waals surface area contributed by atoms with Crippen LogP contribution in [0.4, 0.5) is 0 Å². The van der Waals surface area contributed by atoms with Crippen molar-refractivity contribution >= 4 is 5.78 Å². The molecule has 0 atom stereocenters. The lowest BCUT2D eigenvalue weighted by Gasteiger charge is -2.08. The third-order valence-electron chi connectivity index (χ3n) is 2.70. The van der Waals surface area contributed by atoms with Crippen molar-refractivity contribution in [2.75, 3.05) is 0 Å². The van der Waals surface area contributed by atoms with Crippen molar-refractivity contribution in [3.63, 3.8) is 0 Å². The smallest absolute Gasteiger partial charge is 0.192 e. The summed E-state index contributed by atoms with van der Waals surface area (Å²) in [6.07, 6.45) is 8.81. The zero-order valence-corrected chi connectivity index (χ0v) is 9.31. The van der Waals surface area contributed by atoms with Crippen LogP contribution < -0.4 is 0 Å². The fraction of sp³-hybridized carbons (Fsp3) is 0.133. The minimum absolute atomic E-state index is 0.104. The monoisotopic (exact) mass is 210 g/mol. The molecule has 0 fully saturated rings. The molecule has 16 heavy (non-hydrogen) atoms. The molecule has 1 nitrogen and oxygen atoms in total. The van der Waals surface area contributed by atoms with Crippen LogP contribution in [0.1, 0.15) is 23.7 Å². The maximum Gasteiger partial charge on any atom is 0.192 e. The van der Waals surface area contributed by atoms with Crippen molar-refractivity contribution in [1.82, 2.24) is 0 Å². The second-order valence-corrected chi connectivity index (χ2v) is 3.76. The Morgan fingerprint density at radius 2 is 1.94 bits per heavy atom. The summed E-state index contributed by atoms with van der Waals surface area (Å²) in [5.74, 6) is 0.104. The minimum Gasteiger partial charge on any atom is -0.289 e. The number of carbonyl (C=O) groups is 1. The van der Waals surface area contributed by atoms with E-state index in [4.69, 9.17) is 0 Å². The van der Waals surface area contributed by atoms with Gasteiger partial charge in [-0.15, -0.1) is 0 Å². The highest BCUT2D eigenvalue weighted by atomic mass is 16.1. The first-order chi connectivity index (χ1) is 7.81. The summed E-state index contributed by atoms with van der Waals surface area (Å²) < 4.78 is 0. The van der Waals surface area contributed by atoms with E-state index in [0.717, 1.165) is 17.6 Å². The topological polar surface area (TPSA) is 17.1 Å². The second kappa shape index (κ2) is 4.75. The van der Waals surface area contributed by atoms with Gasteiger partial charge in [0.1, 0.15) is 0 Å². The van der Waals surface area contributed by atoms with Crippen LogP contribution in [0.2, 0.25) is 0 Å². The quantitative estimate of drug-likeness (QED) is 0.680. The molecule has 0 amide bonds. The summed E-state index contributed by atoms with van der Waals surface area (Å²) in [4.78, 5) is 12.1. The van der Waals surface area contributed by atoms with E-state index in [0.29, 0.717) is 0 Å². The van der Waals surface area contributed by atoms with E-state index in [1.165, 1.54) is 5.57 Å². The fourth-order valence-corrected chi connectivity index (χ4v) is 1.70. The number of Topliss-reactive ketones (excluding diaryl/α,β-unsaturated/α-hetero) is 1. The van der Waals surface area contributed by atoms with Gasteiger partial charge in [0.2, 0.25) is 0 Å². The van der Waals surface area contributed by atoms with Gasteiger partial charge in [0.25, 0.3) is 0 Å². The SMILES string of the molecule is CC=C1C=CC(C(=O)c2ccccc2)=CC1. The molecule has 0 aliphatic heterocycles. The van der Waals surface area contributed by atoms with E-state index < -0.39 is 0 Å². The largest absolute Gasteiger partial charge is 0.289 e. The summed E-state index contributed by atoms with van der Waals surface area (Å²) >= 11 is 0. The molecule has 0 heterocycles. The van der Waals surface area contributed by atoms with Crippen LogP contribution in [0.25, 0.3) is 0 Å². The number of hydrogen-bond donors (Lipinski definition) is 0. The third-order valence-corrected chi connectivity index (χ3v) is 2.70. The number of ketones is 1. The predicted molar refractivity (Wildman–Crippen MR) is 66.4 cm³/mol. The van der Waals surface area contributed by atoms with E-state index in [1.54, 1.807) is 0 Å². The molecule has 0 spiro atoms. The highest BCUT2D eigenvalue weighted by molar-refractivity contribution is 6.10. The van der Waals surface area contributed by atoms with Gasteiger partial charge in [-0.3, -0.25) is 4.79 Å². The summed E-state index contributed by atoms with van der Waals surface area (Å²) in [5, 5.41) is 0. The molecule has 0 saturated carbocycles. The molecule has 1 aromatic rings. The van der Waals surface area contributed by atoms with Crippen LogP contribution in [-0.4, -0.2) is 5.78 Å². The summed E-state index contributed by atoms with van der Waals surface area (Å²) in [5.41, 5.74) is 2.80. The van der Waals surface area contributed by atoms with Gasteiger partial charge in [0, 0.05) is 11.1 Å². The second-order valence-electron chi connectivity index (χ2n) is 3.76. The van der Waals surface area contributed by atoms with Crippen molar-refractivity contribution in [2.24, 2.45) is 0 Å². The Kier molecular flexibility index (Phi) is 3.16. The average Bonchev–Trinajstić information content (AvgIpc) is 2.39. The summed E-state index contributed by atoms with van der Waals surface area (Å²) in [6.45, 7) is 2.01. The van der Waals surface area contributed by atoms with Gasteiger partial charge in [0.15, 0.2) is 5.78 Å². The predicted octanol–water partition coefficient (Wildman–Crippen LogP) is 3.70. The number of rotatable bonds is 2. The Hall–Kier alpha value is -1.89. The molecule has 0 bridgehead atoms. The van der Waals surface area contributed by atoms with Crippen LogP contribution in [0.3, 0.4) is 0 Å². The van der Waals surface area contributed by atoms with Gasteiger partial charge in [-0.1, -0.05) is 54.6 Å². The molecule has 0 N–H and O–H groups in total. The Morgan fingerprint density at radius 3 is 2.50 bits per heavy atom. The molecule has 0 saturated heterocycles. The van der Waals surface area contributed by atoms with Crippen LogP contribution in [-0.2, 0) is 0 Å². The first-order valence-electron chi connectivity index (χ1n) is 5.44. The highest BCUT2D eigenvalue weighted by Crippen LogP contribution is 2.18. The summed E-state index contributed by atoms with van der Waals surface area (Å²) in [7, 11) is 0. The summed E-state index contributed by atoms with van der Waals surface area (Å²) in [6, 6.07) is 9.39. The molecule has 0 aromatic heterocycles. The normalized spacial score (nSPS) is 17.3. The molecule has 80 valence electrons. The lowest BCUT2D eigenvalue weighted by atomic mass is 9.96. The molecule has 0 unspecified atom stereocenters. The Labute approximate surface area is 95.8 Å². The van der Waals surface area contributed by atoms with Crippen molar-refractivity contribution in [3.8, 4) is 0 Å². The zero-order valence-electron chi connectivity index (χ0n) is 9.31. The number of allylic oxidation sites excluding steroid dienone is 6. The zero-order chi connectivity index (χ0) is 11.4. The van der Waals surface area contributed by atoms with Gasteiger partial charge >= 0.3 is 0 Å². The Morgan fingerprint density at radius 1 is 1.19 bits per heavy atom. The van der Waals surface area contributed by atoms with Crippen LogP contribution >= 0.6 is 0 Å². The average molecular weight is 210 g/mol. The maximum atomic E-state index is 12.1. The van der Waals surface area contributed by atoms with Gasteiger partial charge < -0.3 is 0 Å². The first kappa shape index (κ1) is 10.6. The highest BCUT2D eigenvalue weighted by Gasteiger charge is 2.11. The van der Waals surface area contributed by atoms with Crippen LogP contribution in [0.5, 0.6) is 0 Å². The van der Waals surface area contributed by atoms with Gasteiger partial charge in [-0.2, -0.15) is 0 Å². The number of hydrogen-bond acceptors (Lipinski definition) is 1. The molecular formula is C15H14O. The van der Waals surface area contributed by atoms with E-state index in [-0.39, 0.29) is 5.78 Å². The first-order valence-corrected chi connectivity index (χ1v) is 5.44. The van der Waals surface area contributed by atoms with Crippen LogP contribution in [0, 0.1) is 0 Å². The minimum atomic E-state index is 0.104. The van der Waals surface area contributed by atoms with E-state index >= 15 is 0 Å². The van der Waals surface area contributed by atoms with E-state index in [9.17, 15) is 4.79 Å². The molecule has 1 heteroatoms. The van der Waals surface area contributed by atoms with Gasteiger partial charge in [-0.25, -0.2) is 0 Å². The van der Waals surface area contributed by atoms with Crippen molar-refractivity contribution < 1.29 is 4.79 Å². The number of carbonyl (C=O) groups excluding carboxylic acids is 1. The van der Waals surface area contributed by atoms with Gasteiger partial charge in [0.05, 0.1) is 0 Å². The van der Waals surface area contributed by atoms with Crippen molar-refractivity contribution in [1.29, 1.82) is 0 Å². The molecule has 1 aliphatic rings. The molecule has 2 rings (SSSR count). The fourth-order valence-electron chi connectivity index (χ4n) is 1.70. The molecular weight excluding hydrogens is 196 g/mol. The lowest BCUT2D eigenvalue weighted by molar-refractivity contribution is 0.103.